The number of carbonyl (C=O) groups is 2. The highest BCUT2D eigenvalue weighted by Crippen LogP contribution is 2.18. The number of nitrogens with one attached hydrogen (secondary N) is 1. The molecule has 0 aromatic heterocycles. The van der Waals surface area contributed by atoms with Crippen LogP contribution in [0.4, 0.5) is 0 Å². The minimum atomic E-state index is -0.942. The normalized spacial score (nSPS) is 10.5. The summed E-state index contributed by atoms with van der Waals surface area (Å²) in [7, 11) is 0. The van der Waals surface area contributed by atoms with Crippen molar-refractivity contribution in [3.8, 4) is 0 Å². The Hall–Kier alpha value is -1.49. The van der Waals surface area contributed by atoms with Gasteiger partial charge in [-0.3, -0.25) is 4.79 Å². The first kappa shape index (κ1) is 15.6. The van der Waals surface area contributed by atoms with Crippen LogP contribution in [0.15, 0.2) is 29.2 Å². The van der Waals surface area contributed by atoms with Crippen LogP contribution >= 0.6 is 11.8 Å². The maximum atomic E-state index is 11.7. The van der Waals surface area contributed by atoms with Crippen LogP contribution in [0, 0.1) is 0 Å². The highest BCUT2D eigenvalue weighted by atomic mass is 32.2. The van der Waals surface area contributed by atoms with Gasteiger partial charge in [0.2, 0.25) is 5.91 Å². The zero-order valence-electron chi connectivity index (χ0n) is 11.2. The van der Waals surface area contributed by atoms with Gasteiger partial charge in [-0.15, -0.1) is 11.8 Å². The summed E-state index contributed by atoms with van der Waals surface area (Å²) in [5, 5.41) is 11.7. The molecule has 0 aliphatic carbocycles. The third-order valence-corrected chi connectivity index (χ3v) is 3.83. The van der Waals surface area contributed by atoms with Gasteiger partial charge in [0.25, 0.3) is 0 Å². The van der Waals surface area contributed by atoms with Gasteiger partial charge in [0.05, 0.1) is 11.3 Å². The molecule has 0 atom stereocenters. The molecule has 0 unspecified atom stereocenters. The van der Waals surface area contributed by atoms with Gasteiger partial charge in [-0.05, 0) is 37.1 Å². The van der Waals surface area contributed by atoms with E-state index < -0.39 is 5.97 Å². The van der Waals surface area contributed by atoms with Crippen molar-refractivity contribution in [3.63, 3.8) is 0 Å². The van der Waals surface area contributed by atoms with Gasteiger partial charge in [0, 0.05) is 10.9 Å². The van der Waals surface area contributed by atoms with Crippen molar-refractivity contribution in [1.29, 1.82) is 0 Å². The Morgan fingerprint density at radius 2 is 1.79 bits per heavy atom. The van der Waals surface area contributed by atoms with Crippen molar-refractivity contribution < 1.29 is 14.7 Å². The second kappa shape index (κ2) is 7.84. The fourth-order valence-corrected chi connectivity index (χ4v) is 2.31. The van der Waals surface area contributed by atoms with E-state index in [1.54, 1.807) is 24.3 Å². The number of carboxylic acid groups (broad SMARTS) is 1. The molecule has 0 fully saturated rings. The number of carbonyl (C=O) groups excluding carboxylic acids is 1. The molecule has 4 nitrogen and oxygen atoms in total. The van der Waals surface area contributed by atoms with Crippen molar-refractivity contribution in [1.82, 2.24) is 5.32 Å². The van der Waals surface area contributed by atoms with Crippen LogP contribution in [0.2, 0.25) is 0 Å². The van der Waals surface area contributed by atoms with Crippen LogP contribution in [0.25, 0.3) is 0 Å². The molecular formula is C14H19NO3S. The Balaban J connectivity index is 2.43. The summed E-state index contributed by atoms with van der Waals surface area (Å²) in [6, 6.07) is 6.77. The van der Waals surface area contributed by atoms with Crippen molar-refractivity contribution in [2.75, 3.05) is 5.75 Å². The molecule has 0 heterocycles. The summed E-state index contributed by atoms with van der Waals surface area (Å²) in [6.45, 7) is 4.10. The summed E-state index contributed by atoms with van der Waals surface area (Å²) in [5.74, 6) is -0.577. The molecule has 1 rings (SSSR count). The molecule has 1 aromatic carbocycles. The molecule has 1 aromatic rings. The zero-order valence-corrected chi connectivity index (χ0v) is 12.0. The fraction of sp³-hybridized carbons (Fsp3) is 0.429. The van der Waals surface area contributed by atoms with Gasteiger partial charge < -0.3 is 10.4 Å². The molecule has 0 spiro atoms. The highest BCUT2D eigenvalue weighted by Gasteiger charge is 2.09. The van der Waals surface area contributed by atoms with Gasteiger partial charge in [0.15, 0.2) is 0 Å². The lowest BCUT2D eigenvalue weighted by Gasteiger charge is -2.14. The van der Waals surface area contributed by atoms with Gasteiger partial charge in [-0.1, -0.05) is 13.8 Å². The van der Waals surface area contributed by atoms with Gasteiger partial charge in [0.1, 0.15) is 0 Å². The van der Waals surface area contributed by atoms with Crippen LogP contribution in [0.1, 0.15) is 37.0 Å². The molecule has 0 bridgehead atoms. The van der Waals surface area contributed by atoms with E-state index in [1.807, 2.05) is 13.8 Å². The Morgan fingerprint density at radius 1 is 1.21 bits per heavy atom. The zero-order chi connectivity index (χ0) is 14.3. The first-order valence-corrected chi connectivity index (χ1v) is 7.30. The first-order chi connectivity index (χ1) is 9.06. The number of hydrogen-bond acceptors (Lipinski definition) is 3. The summed E-state index contributed by atoms with van der Waals surface area (Å²) in [6.07, 6.45) is 1.86. The lowest BCUT2D eigenvalue weighted by Crippen LogP contribution is -2.34. The standard InChI is InChI=1S/C14H19NO3S/c1-3-11(4-2)15-13(16)9-19-12-7-5-10(6-8-12)14(17)18/h5-8,11H,3-4,9H2,1-2H3,(H,15,16)(H,17,18). The molecular weight excluding hydrogens is 262 g/mol. The van der Waals surface area contributed by atoms with E-state index >= 15 is 0 Å². The molecule has 1 amide bonds. The van der Waals surface area contributed by atoms with Crippen LogP contribution in [-0.2, 0) is 4.79 Å². The smallest absolute Gasteiger partial charge is 0.335 e. The maximum absolute atomic E-state index is 11.7. The van der Waals surface area contributed by atoms with Crippen molar-refractivity contribution in [3.05, 3.63) is 29.8 Å². The number of carboxylic acids is 1. The van der Waals surface area contributed by atoms with E-state index in [1.165, 1.54) is 11.8 Å². The molecule has 104 valence electrons. The molecule has 0 saturated carbocycles. The van der Waals surface area contributed by atoms with Crippen molar-refractivity contribution in [2.45, 2.75) is 37.6 Å². The van der Waals surface area contributed by atoms with Crippen molar-refractivity contribution >= 4 is 23.6 Å². The summed E-state index contributed by atoms with van der Waals surface area (Å²) >= 11 is 1.41. The molecule has 0 radical (unpaired) electrons. The van der Waals surface area contributed by atoms with Gasteiger partial charge in [-0.25, -0.2) is 4.79 Å². The van der Waals surface area contributed by atoms with E-state index in [0.29, 0.717) is 5.75 Å². The second-order valence-electron chi connectivity index (χ2n) is 4.20. The maximum Gasteiger partial charge on any atom is 0.335 e. The quantitative estimate of drug-likeness (QED) is 0.754. The first-order valence-electron chi connectivity index (χ1n) is 6.32. The number of rotatable bonds is 7. The van der Waals surface area contributed by atoms with Crippen LogP contribution in [0.5, 0.6) is 0 Å². The molecule has 5 heteroatoms. The Labute approximate surface area is 117 Å². The average Bonchev–Trinajstić information content (AvgIpc) is 2.43. The van der Waals surface area contributed by atoms with Crippen LogP contribution in [0.3, 0.4) is 0 Å². The molecule has 0 saturated heterocycles. The summed E-state index contributed by atoms with van der Waals surface area (Å²) < 4.78 is 0. The number of aromatic carboxylic acids is 1. The predicted octanol–water partition coefficient (Wildman–Crippen LogP) is 2.78. The predicted molar refractivity (Wildman–Crippen MR) is 76.6 cm³/mol. The van der Waals surface area contributed by atoms with Gasteiger partial charge in [-0.2, -0.15) is 0 Å². The minimum absolute atomic E-state index is 0.0148. The second-order valence-corrected chi connectivity index (χ2v) is 5.25. The summed E-state index contributed by atoms with van der Waals surface area (Å²) in [5.41, 5.74) is 0.255. The lowest BCUT2D eigenvalue weighted by atomic mass is 10.2. The molecule has 19 heavy (non-hydrogen) atoms. The lowest BCUT2D eigenvalue weighted by molar-refractivity contribution is -0.119. The van der Waals surface area contributed by atoms with E-state index in [-0.39, 0.29) is 17.5 Å². The summed E-state index contributed by atoms with van der Waals surface area (Å²) in [4.78, 5) is 23.3. The van der Waals surface area contributed by atoms with Crippen LogP contribution in [-0.4, -0.2) is 28.8 Å². The number of benzene rings is 1. The van der Waals surface area contributed by atoms with E-state index in [0.717, 1.165) is 17.7 Å². The third kappa shape index (κ3) is 5.34. The van der Waals surface area contributed by atoms with E-state index in [4.69, 9.17) is 5.11 Å². The fourth-order valence-electron chi connectivity index (χ4n) is 1.60. The Kier molecular flexibility index (Phi) is 6.42. The highest BCUT2D eigenvalue weighted by molar-refractivity contribution is 8.00. The topological polar surface area (TPSA) is 66.4 Å². The SMILES string of the molecule is CCC(CC)NC(=O)CSc1ccc(C(=O)O)cc1. The van der Waals surface area contributed by atoms with E-state index in [9.17, 15) is 9.59 Å². The molecule has 2 N–H and O–H groups in total. The van der Waals surface area contributed by atoms with E-state index in [2.05, 4.69) is 5.32 Å². The third-order valence-electron chi connectivity index (χ3n) is 2.82. The minimum Gasteiger partial charge on any atom is -0.478 e. The molecule has 0 aliphatic rings. The monoisotopic (exact) mass is 281 g/mol. The largest absolute Gasteiger partial charge is 0.478 e. The van der Waals surface area contributed by atoms with Gasteiger partial charge >= 0.3 is 5.97 Å². The van der Waals surface area contributed by atoms with Crippen LogP contribution < -0.4 is 5.32 Å². The number of thioether (sulfide) groups is 1. The number of amides is 1. The Morgan fingerprint density at radius 3 is 2.26 bits per heavy atom. The van der Waals surface area contributed by atoms with Crippen molar-refractivity contribution in [2.24, 2.45) is 0 Å². The number of hydrogen-bond donors (Lipinski definition) is 2. The molecule has 0 aliphatic heterocycles. The average molecular weight is 281 g/mol. The Bertz CT molecular complexity index is 427.